The number of rotatable bonds is 5. The van der Waals surface area contributed by atoms with Crippen LogP contribution in [0, 0.1) is 5.92 Å². The Hall–Kier alpha value is -1.35. The molecule has 0 atom stereocenters. The fourth-order valence-electron chi connectivity index (χ4n) is 2.45. The third-order valence-corrected chi connectivity index (χ3v) is 3.55. The predicted molar refractivity (Wildman–Crippen MR) is 71.6 cm³/mol. The molecule has 98 valence electrons. The highest BCUT2D eigenvalue weighted by Crippen LogP contribution is 2.22. The Kier molecular flexibility index (Phi) is 4.02. The molecule has 0 radical (unpaired) electrons. The number of hydrogen-bond acceptors (Lipinski definition) is 2. The normalized spacial score (nSPS) is 16.8. The van der Waals surface area contributed by atoms with Gasteiger partial charge >= 0.3 is 5.97 Å². The first kappa shape index (κ1) is 13.1. The Labute approximate surface area is 108 Å². The van der Waals surface area contributed by atoms with Gasteiger partial charge in [-0.05, 0) is 23.0 Å². The van der Waals surface area contributed by atoms with Crippen molar-refractivity contribution in [1.29, 1.82) is 0 Å². The quantitative estimate of drug-likeness (QED) is 0.869. The van der Waals surface area contributed by atoms with Gasteiger partial charge in [-0.1, -0.05) is 38.1 Å². The standard InChI is InChI=1S/C15H21NO2/c1-11(2)14-5-3-12(4-6-14)8-16-9-13(10-16)7-15(17)18/h3-6,11,13H,7-10H2,1-2H3,(H,17,18). The molecule has 3 heteroatoms. The monoisotopic (exact) mass is 247 g/mol. The maximum Gasteiger partial charge on any atom is 0.303 e. The summed E-state index contributed by atoms with van der Waals surface area (Å²) in [5, 5.41) is 8.69. The van der Waals surface area contributed by atoms with Crippen molar-refractivity contribution in [2.24, 2.45) is 5.92 Å². The van der Waals surface area contributed by atoms with Crippen LogP contribution >= 0.6 is 0 Å². The molecule has 1 saturated heterocycles. The van der Waals surface area contributed by atoms with Crippen molar-refractivity contribution in [2.75, 3.05) is 13.1 Å². The highest BCUT2D eigenvalue weighted by molar-refractivity contribution is 5.67. The molecule has 1 aliphatic heterocycles. The third kappa shape index (κ3) is 3.33. The zero-order valence-electron chi connectivity index (χ0n) is 11.1. The second kappa shape index (κ2) is 5.53. The summed E-state index contributed by atoms with van der Waals surface area (Å²) < 4.78 is 0. The zero-order chi connectivity index (χ0) is 13.1. The lowest BCUT2D eigenvalue weighted by Gasteiger charge is -2.38. The zero-order valence-corrected chi connectivity index (χ0v) is 11.1. The van der Waals surface area contributed by atoms with E-state index in [-0.39, 0.29) is 0 Å². The summed E-state index contributed by atoms with van der Waals surface area (Å²) >= 11 is 0. The number of benzene rings is 1. The summed E-state index contributed by atoms with van der Waals surface area (Å²) in [6, 6.07) is 8.74. The van der Waals surface area contributed by atoms with E-state index in [4.69, 9.17) is 5.11 Å². The van der Waals surface area contributed by atoms with Gasteiger partial charge in [-0.2, -0.15) is 0 Å². The molecule has 0 bridgehead atoms. The minimum absolute atomic E-state index is 0.308. The van der Waals surface area contributed by atoms with Crippen LogP contribution in [0.2, 0.25) is 0 Å². The van der Waals surface area contributed by atoms with Crippen LogP contribution in [-0.4, -0.2) is 29.1 Å². The number of carboxylic acid groups (broad SMARTS) is 1. The second-order valence-corrected chi connectivity index (χ2v) is 5.55. The number of likely N-dealkylation sites (tertiary alicyclic amines) is 1. The van der Waals surface area contributed by atoms with Gasteiger partial charge in [0.15, 0.2) is 0 Å². The van der Waals surface area contributed by atoms with Gasteiger partial charge in [-0.3, -0.25) is 9.69 Å². The summed E-state index contributed by atoms with van der Waals surface area (Å²) in [5.74, 6) is 0.237. The van der Waals surface area contributed by atoms with E-state index in [0.29, 0.717) is 18.3 Å². The van der Waals surface area contributed by atoms with Gasteiger partial charge in [0.05, 0.1) is 6.42 Å². The Bertz CT molecular complexity index is 405. The van der Waals surface area contributed by atoms with Gasteiger partial charge in [-0.25, -0.2) is 0 Å². The van der Waals surface area contributed by atoms with E-state index in [9.17, 15) is 4.79 Å². The molecule has 0 saturated carbocycles. The molecule has 1 aromatic rings. The molecule has 1 aromatic carbocycles. The number of nitrogens with zero attached hydrogens (tertiary/aromatic N) is 1. The van der Waals surface area contributed by atoms with Gasteiger partial charge in [0.25, 0.3) is 0 Å². The van der Waals surface area contributed by atoms with Crippen LogP contribution in [0.4, 0.5) is 0 Å². The predicted octanol–water partition coefficient (Wildman–Crippen LogP) is 2.72. The molecule has 3 nitrogen and oxygen atoms in total. The molecular formula is C15H21NO2. The average molecular weight is 247 g/mol. The van der Waals surface area contributed by atoms with E-state index in [1.54, 1.807) is 0 Å². The second-order valence-electron chi connectivity index (χ2n) is 5.55. The fourth-order valence-corrected chi connectivity index (χ4v) is 2.45. The molecular weight excluding hydrogens is 226 g/mol. The minimum Gasteiger partial charge on any atom is -0.481 e. The highest BCUT2D eigenvalue weighted by Gasteiger charge is 2.28. The van der Waals surface area contributed by atoms with Crippen molar-refractivity contribution in [3.8, 4) is 0 Å². The van der Waals surface area contributed by atoms with E-state index in [1.807, 2.05) is 0 Å². The molecule has 18 heavy (non-hydrogen) atoms. The van der Waals surface area contributed by atoms with Gasteiger partial charge in [-0.15, -0.1) is 0 Å². The molecule has 1 fully saturated rings. The lowest BCUT2D eigenvalue weighted by molar-refractivity contribution is -0.139. The molecule has 1 N–H and O–H groups in total. The van der Waals surface area contributed by atoms with E-state index in [0.717, 1.165) is 19.6 Å². The first-order valence-electron chi connectivity index (χ1n) is 6.57. The van der Waals surface area contributed by atoms with Gasteiger partial charge in [0, 0.05) is 19.6 Å². The summed E-state index contributed by atoms with van der Waals surface area (Å²) in [4.78, 5) is 12.9. The highest BCUT2D eigenvalue weighted by atomic mass is 16.4. The van der Waals surface area contributed by atoms with Crippen LogP contribution in [0.1, 0.15) is 37.3 Å². The van der Waals surface area contributed by atoms with Gasteiger partial charge in [0.2, 0.25) is 0 Å². The van der Waals surface area contributed by atoms with E-state index < -0.39 is 5.97 Å². The summed E-state index contributed by atoms with van der Waals surface area (Å²) in [5.41, 5.74) is 2.68. The molecule has 0 aliphatic carbocycles. The van der Waals surface area contributed by atoms with Crippen LogP contribution in [-0.2, 0) is 11.3 Å². The number of carboxylic acids is 1. The Balaban J connectivity index is 1.80. The third-order valence-electron chi connectivity index (χ3n) is 3.55. The summed E-state index contributed by atoms with van der Waals surface area (Å²) in [6.45, 7) is 7.16. The minimum atomic E-state index is -0.680. The van der Waals surface area contributed by atoms with Crippen molar-refractivity contribution in [3.63, 3.8) is 0 Å². The first-order chi connectivity index (χ1) is 8.54. The van der Waals surface area contributed by atoms with E-state index in [1.165, 1.54) is 11.1 Å². The molecule has 1 heterocycles. The van der Waals surface area contributed by atoms with Crippen LogP contribution in [0.25, 0.3) is 0 Å². The van der Waals surface area contributed by atoms with Crippen molar-refractivity contribution in [2.45, 2.75) is 32.7 Å². The van der Waals surface area contributed by atoms with Crippen LogP contribution in [0.15, 0.2) is 24.3 Å². The van der Waals surface area contributed by atoms with Gasteiger partial charge in [0.1, 0.15) is 0 Å². The fraction of sp³-hybridized carbons (Fsp3) is 0.533. The number of aliphatic carboxylic acids is 1. The summed E-state index contributed by atoms with van der Waals surface area (Å²) in [6.07, 6.45) is 0.308. The van der Waals surface area contributed by atoms with Crippen molar-refractivity contribution in [1.82, 2.24) is 4.90 Å². The molecule has 0 aromatic heterocycles. The molecule has 2 rings (SSSR count). The number of hydrogen-bond donors (Lipinski definition) is 1. The van der Waals surface area contributed by atoms with E-state index in [2.05, 4.69) is 43.0 Å². The molecule has 0 amide bonds. The van der Waals surface area contributed by atoms with Crippen LogP contribution in [0.3, 0.4) is 0 Å². The van der Waals surface area contributed by atoms with Crippen molar-refractivity contribution in [3.05, 3.63) is 35.4 Å². The Morgan fingerprint density at radius 1 is 1.33 bits per heavy atom. The molecule has 0 unspecified atom stereocenters. The van der Waals surface area contributed by atoms with Crippen LogP contribution < -0.4 is 0 Å². The lowest BCUT2D eigenvalue weighted by Crippen LogP contribution is -2.46. The Morgan fingerprint density at radius 2 is 1.94 bits per heavy atom. The van der Waals surface area contributed by atoms with Crippen molar-refractivity contribution >= 4 is 5.97 Å². The smallest absolute Gasteiger partial charge is 0.303 e. The topological polar surface area (TPSA) is 40.5 Å². The van der Waals surface area contributed by atoms with Crippen LogP contribution in [0.5, 0.6) is 0 Å². The summed E-state index contributed by atoms with van der Waals surface area (Å²) in [7, 11) is 0. The van der Waals surface area contributed by atoms with Gasteiger partial charge < -0.3 is 5.11 Å². The van der Waals surface area contributed by atoms with E-state index >= 15 is 0 Å². The van der Waals surface area contributed by atoms with Crippen molar-refractivity contribution < 1.29 is 9.90 Å². The maximum absolute atomic E-state index is 10.6. The largest absolute Gasteiger partial charge is 0.481 e. The molecule has 0 spiro atoms. The SMILES string of the molecule is CC(C)c1ccc(CN2CC(CC(=O)O)C2)cc1. The number of carbonyl (C=O) groups is 1. The molecule has 1 aliphatic rings. The maximum atomic E-state index is 10.6. The first-order valence-corrected chi connectivity index (χ1v) is 6.57. The lowest BCUT2D eigenvalue weighted by atomic mass is 9.95. The Morgan fingerprint density at radius 3 is 2.44 bits per heavy atom. The average Bonchev–Trinajstić information content (AvgIpc) is 2.26.